The lowest BCUT2D eigenvalue weighted by Crippen LogP contribution is -2.03. The number of rotatable bonds is 5. The van der Waals surface area contributed by atoms with E-state index in [0.29, 0.717) is 10.7 Å². The second kappa shape index (κ2) is 7.60. The van der Waals surface area contributed by atoms with Gasteiger partial charge in [0.15, 0.2) is 0 Å². The molecule has 2 N–H and O–H groups in total. The van der Waals surface area contributed by atoms with Crippen LogP contribution in [-0.2, 0) is 0 Å². The molecular weight excluding hydrogens is 413 g/mol. The first-order valence-electron chi connectivity index (χ1n) is 8.78. The summed E-state index contributed by atoms with van der Waals surface area (Å²) in [6.45, 7) is 1.91. The summed E-state index contributed by atoms with van der Waals surface area (Å²) < 4.78 is 19.0. The molecule has 0 bridgehead atoms. The van der Waals surface area contributed by atoms with Gasteiger partial charge in [0.1, 0.15) is 5.75 Å². The first-order chi connectivity index (χ1) is 14.4. The number of hydrogen-bond donors (Lipinski definition) is 2. The molecule has 2 heterocycles. The van der Waals surface area contributed by atoms with Crippen LogP contribution in [0.25, 0.3) is 22.2 Å². The summed E-state index contributed by atoms with van der Waals surface area (Å²) in [5.41, 5.74) is 2.56. The van der Waals surface area contributed by atoms with Crippen molar-refractivity contribution in [2.45, 2.75) is 6.92 Å². The molecule has 0 aliphatic rings. The van der Waals surface area contributed by atoms with Crippen LogP contribution in [0.15, 0.2) is 42.6 Å². The highest BCUT2D eigenvalue weighted by Crippen LogP contribution is 2.37. The van der Waals surface area contributed by atoms with Crippen LogP contribution in [0.2, 0.25) is 5.02 Å². The summed E-state index contributed by atoms with van der Waals surface area (Å²) >= 11 is 6.38. The highest BCUT2D eigenvalue weighted by atomic mass is 35.5. The van der Waals surface area contributed by atoms with Crippen LogP contribution in [0.5, 0.6) is 5.75 Å². The highest BCUT2D eigenvalue weighted by molar-refractivity contribution is 6.33. The molecule has 8 nitrogen and oxygen atoms in total. The summed E-state index contributed by atoms with van der Waals surface area (Å²) in [7, 11) is 1.33. The van der Waals surface area contributed by atoms with Gasteiger partial charge in [0.2, 0.25) is 11.8 Å². The number of anilines is 2. The van der Waals surface area contributed by atoms with Crippen LogP contribution in [0, 0.1) is 22.9 Å². The summed E-state index contributed by atoms with van der Waals surface area (Å²) in [6.07, 6.45) is 1.43. The molecule has 0 aliphatic carbocycles. The Morgan fingerprint density at radius 3 is 2.80 bits per heavy atom. The molecule has 4 rings (SSSR count). The van der Waals surface area contributed by atoms with Crippen molar-refractivity contribution in [2.24, 2.45) is 0 Å². The van der Waals surface area contributed by atoms with E-state index in [2.05, 4.69) is 20.3 Å². The molecule has 0 saturated carbocycles. The summed E-state index contributed by atoms with van der Waals surface area (Å²) in [5.74, 6) is -0.811. The third kappa shape index (κ3) is 3.39. The van der Waals surface area contributed by atoms with E-state index in [0.717, 1.165) is 34.3 Å². The first-order valence-corrected chi connectivity index (χ1v) is 9.16. The lowest BCUT2D eigenvalue weighted by molar-refractivity contribution is -0.387. The quantitative estimate of drug-likeness (QED) is 0.327. The molecule has 10 heteroatoms. The average molecular weight is 428 g/mol. The number of aromatic amines is 1. The highest BCUT2D eigenvalue weighted by Gasteiger charge is 2.21. The van der Waals surface area contributed by atoms with Crippen molar-refractivity contribution < 1.29 is 14.1 Å². The van der Waals surface area contributed by atoms with E-state index in [1.807, 2.05) is 31.2 Å². The largest absolute Gasteiger partial charge is 0.494 e. The number of methoxy groups -OCH3 is 1. The van der Waals surface area contributed by atoms with E-state index >= 15 is 0 Å². The van der Waals surface area contributed by atoms with Gasteiger partial charge in [0.25, 0.3) is 0 Å². The number of H-pyrrole nitrogens is 1. The van der Waals surface area contributed by atoms with Crippen molar-refractivity contribution in [2.75, 3.05) is 12.4 Å². The lowest BCUT2D eigenvalue weighted by atomic mass is 10.1. The molecular formula is C20H15ClFN5O3. The van der Waals surface area contributed by atoms with Gasteiger partial charge in [-0.05, 0) is 13.0 Å². The van der Waals surface area contributed by atoms with Gasteiger partial charge in [-0.1, -0.05) is 29.8 Å². The van der Waals surface area contributed by atoms with E-state index < -0.39 is 16.4 Å². The van der Waals surface area contributed by atoms with E-state index in [4.69, 9.17) is 16.3 Å². The van der Waals surface area contributed by atoms with Crippen molar-refractivity contribution in [3.05, 3.63) is 69.2 Å². The van der Waals surface area contributed by atoms with Crippen molar-refractivity contribution in [3.8, 4) is 17.0 Å². The fourth-order valence-electron chi connectivity index (χ4n) is 3.25. The zero-order valence-electron chi connectivity index (χ0n) is 15.9. The Labute approximate surface area is 174 Å². The zero-order chi connectivity index (χ0) is 21.4. The lowest BCUT2D eigenvalue weighted by Gasteiger charge is -2.12. The Hall–Kier alpha value is -3.72. The molecule has 2 aromatic heterocycles. The number of halogens is 2. The van der Waals surface area contributed by atoms with E-state index in [-0.39, 0.29) is 17.4 Å². The molecule has 0 atom stereocenters. The Morgan fingerprint density at radius 2 is 2.07 bits per heavy atom. The Bertz CT molecular complexity index is 1290. The minimum atomic E-state index is -1.01. The smallest absolute Gasteiger partial charge is 0.307 e. The van der Waals surface area contributed by atoms with Crippen molar-refractivity contribution in [1.29, 1.82) is 0 Å². The maximum atomic E-state index is 13.9. The fraction of sp³-hybridized carbons (Fsp3) is 0.100. The molecule has 0 spiro atoms. The van der Waals surface area contributed by atoms with Gasteiger partial charge in [0, 0.05) is 34.3 Å². The van der Waals surface area contributed by atoms with Gasteiger partial charge in [0.05, 0.1) is 34.6 Å². The monoisotopic (exact) mass is 427 g/mol. The molecule has 152 valence electrons. The summed E-state index contributed by atoms with van der Waals surface area (Å²) in [5, 5.41) is 15.2. The maximum absolute atomic E-state index is 13.9. The van der Waals surface area contributed by atoms with Gasteiger partial charge in [-0.3, -0.25) is 10.1 Å². The molecule has 0 aliphatic heterocycles. The average Bonchev–Trinajstić information content (AvgIpc) is 3.05. The van der Waals surface area contributed by atoms with Crippen LogP contribution < -0.4 is 10.1 Å². The minimum Gasteiger partial charge on any atom is -0.494 e. The number of hydrogen-bond acceptors (Lipinski definition) is 6. The molecule has 4 aromatic rings. The number of nitro groups is 1. The van der Waals surface area contributed by atoms with Crippen molar-refractivity contribution in [3.63, 3.8) is 0 Å². The number of nitrogens with zero attached hydrogens (tertiary/aromatic N) is 3. The predicted octanol–water partition coefficient (Wildman–Crippen LogP) is 5.39. The topological polar surface area (TPSA) is 106 Å². The summed E-state index contributed by atoms with van der Waals surface area (Å²) in [6, 6.07) is 9.69. The van der Waals surface area contributed by atoms with Gasteiger partial charge >= 0.3 is 5.69 Å². The van der Waals surface area contributed by atoms with Crippen molar-refractivity contribution in [1.82, 2.24) is 15.0 Å². The number of para-hydroxylation sites is 1. The fourth-order valence-corrected chi connectivity index (χ4v) is 3.44. The Balaban J connectivity index is 1.81. The van der Waals surface area contributed by atoms with E-state index in [1.54, 1.807) is 0 Å². The molecule has 0 unspecified atom stereocenters. The van der Waals surface area contributed by atoms with Crippen LogP contribution in [0.4, 0.5) is 21.7 Å². The standard InChI is InChI=1S/C20H15ClFN5O3/c1-10-18(11-5-3-4-6-14(11)24-10)19-12(21)9-23-20(26-19)25-15-8-16(27(28)29)13(22)7-17(15)30-2/h3-9,24H,1-2H3,(H,23,25,26). The van der Waals surface area contributed by atoms with Gasteiger partial charge in [-0.15, -0.1) is 0 Å². The number of fused-ring (bicyclic) bond motifs is 1. The van der Waals surface area contributed by atoms with Crippen LogP contribution in [0.1, 0.15) is 5.69 Å². The Morgan fingerprint density at radius 1 is 1.30 bits per heavy atom. The van der Waals surface area contributed by atoms with Gasteiger partial charge in [-0.25, -0.2) is 9.97 Å². The van der Waals surface area contributed by atoms with Gasteiger partial charge < -0.3 is 15.0 Å². The first kappa shape index (κ1) is 19.6. The normalized spacial score (nSPS) is 10.9. The SMILES string of the molecule is COc1cc(F)c([N+](=O)[O-])cc1Nc1ncc(Cl)c(-c2c(C)[nH]c3ccccc23)n1. The molecule has 30 heavy (non-hydrogen) atoms. The number of aromatic nitrogens is 3. The Kier molecular flexibility index (Phi) is 4.96. The van der Waals surface area contributed by atoms with Crippen LogP contribution in [0.3, 0.4) is 0 Å². The maximum Gasteiger partial charge on any atom is 0.307 e. The summed E-state index contributed by atoms with van der Waals surface area (Å²) in [4.78, 5) is 22.2. The van der Waals surface area contributed by atoms with Crippen LogP contribution >= 0.6 is 11.6 Å². The molecule has 0 amide bonds. The molecule has 0 fully saturated rings. The predicted molar refractivity (Wildman–Crippen MR) is 112 cm³/mol. The minimum absolute atomic E-state index is 0.0708. The number of benzene rings is 2. The number of nitrogens with one attached hydrogen (secondary N) is 2. The third-order valence-corrected chi connectivity index (χ3v) is 4.86. The number of nitro benzene ring substituents is 1. The molecule has 2 aromatic carbocycles. The molecule has 0 radical (unpaired) electrons. The second-order valence-electron chi connectivity index (χ2n) is 6.45. The molecule has 0 saturated heterocycles. The van der Waals surface area contributed by atoms with E-state index in [1.165, 1.54) is 13.3 Å². The third-order valence-electron chi connectivity index (χ3n) is 4.59. The van der Waals surface area contributed by atoms with Gasteiger partial charge in [-0.2, -0.15) is 4.39 Å². The van der Waals surface area contributed by atoms with Crippen molar-refractivity contribution >= 4 is 39.8 Å². The zero-order valence-corrected chi connectivity index (χ0v) is 16.6. The number of ether oxygens (including phenoxy) is 1. The number of aryl methyl sites for hydroxylation is 1. The second-order valence-corrected chi connectivity index (χ2v) is 6.85. The van der Waals surface area contributed by atoms with E-state index in [9.17, 15) is 14.5 Å². The van der Waals surface area contributed by atoms with Crippen LogP contribution in [-0.4, -0.2) is 27.0 Å².